The van der Waals surface area contributed by atoms with E-state index in [9.17, 15) is 19.5 Å². The first kappa shape index (κ1) is 41.6. The molecule has 4 aromatic carbocycles. The average molecular weight is 801 g/mol. The van der Waals surface area contributed by atoms with Crippen LogP contribution in [0.15, 0.2) is 117 Å². The smallest absolute Gasteiger partial charge is 0.339 e. The highest BCUT2D eigenvalue weighted by Gasteiger charge is 2.50. The molecule has 0 saturated carbocycles. The quantitative estimate of drug-likeness (QED) is 0.0475. The lowest BCUT2D eigenvalue weighted by Crippen LogP contribution is -2.52. The van der Waals surface area contributed by atoms with Gasteiger partial charge in [-0.3, -0.25) is 4.79 Å². The summed E-state index contributed by atoms with van der Waals surface area (Å²) in [5.41, 5.74) is 5.52. The Balaban J connectivity index is 1.25. The van der Waals surface area contributed by atoms with Crippen molar-refractivity contribution >= 4 is 22.9 Å². The van der Waals surface area contributed by atoms with Crippen LogP contribution in [-0.2, 0) is 55.9 Å². The van der Waals surface area contributed by atoms with Gasteiger partial charge >= 0.3 is 17.6 Å². The number of benzene rings is 4. The maximum absolute atomic E-state index is 14.4. The minimum Gasteiger partial charge on any atom is -0.483 e. The van der Waals surface area contributed by atoms with Crippen molar-refractivity contribution in [2.24, 2.45) is 5.92 Å². The number of fused-ring (bicyclic) bond motifs is 13. The van der Waals surface area contributed by atoms with E-state index in [1.807, 2.05) is 18.2 Å². The van der Waals surface area contributed by atoms with E-state index in [2.05, 4.69) is 60.7 Å². The monoisotopic (exact) mass is 800 g/mol. The van der Waals surface area contributed by atoms with Crippen molar-refractivity contribution in [1.29, 1.82) is 0 Å². The van der Waals surface area contributed by atoms with Gasteiger partial charge in [0.1, 0.15) is 23.7 Å². The third-order valence-electron chi connectivity index (χ3n) is 11.4. The minimum absolute atomic E-state index is 0.0811. The number of aryl methyl sites for hydroxylation is 2. The summed E-state index contributed by atoms with van der Waals surface area (Å²) in [6.45, 7) is 4.51. The molecule has 0 unspecified atom stereocenters. The summed E-state index contributed by atoms with van der Waals surface area (Å²) in [7, 11) is 0. The normalized spacial score (nSPS) is 20.3. The van der Waals surface area contributed by atoms with E-state index >= 15 is 0 Å². The third-order valence-corrected chi connectivity index (χ3v) is 11.4. The van der Waals surface area contributed by atoms with Crippen molar-refractivity contribution < 1.29 is 43.2 Å². The molecule has 0 fully saturated rings. The van der Waals surface area contributed by atoms with Crippen LogP contribution in [0.5, 0.6) is 5.75 Å². The first-order chi connectivity index (χ1) is 28.5. The fourth-order valence-electron chi connectivity index (χ4n) is 8.21. The molecule has 10 nitrogen and oxygen atoms in total. The zero-order chi connectivity index (χ0) is 41.5. The third kappa shape index (κ3) is 10.0. The number of esters is 2. The largest absolute Gasteiger partial charge is 0.483 e. The number of carbonyl (C=O) groups excluding carboxylic acids is 2. The van der Waals surface area contributed by atoms with Gasteiger partial charge < -0.3 is 33.6 Å². The minimum atomic E-state index is -1.21. The number of ether oxygens (including phenoxy) is 4. The predicted octanol–water partition coefficient (Wildman–Crippen LogP) is 7.70. The first-order valence-electron chi connectivity index (χ1n) is 20.4. The van der Waals surface area contributed by atoms with Crippen molar-refractivity contribution in [3.05, 3.63) is 158 Å². The van der Waals surface area contributed by atoms with Crippen LogP contribution in [0.1, 0.15) is 85.1 Å². The molecular weight excluding hydrogens is 749 g/mol. The van der Waals surface area contributed by atoms with Gasteiger partial charge in [0.05, 0.1) is 18.8 Å². The lowest BCUT2D eigenvalue weighted by Gasteiger charge is -2.43. The molecule has 3 aliphatic rings. The van der Waals surface area contributed by atoms with Gasteiger partial charge in [0, 0.05) is 29.4 Å². The van der Waals surface area contributed by atoms with Crippen molar-refractivity contribution in [2.45, 2.75) is 89.9 Å². The molecule has 4 heterocycles. The lowest BCUT2D eigenvalue weighted by atomic mass is 9.86. The second kappa shape index (κ2) is 18.6. The van der Waals surface area contributed by atoms with Gasteiger partial charge in [-0.15, -0.1) is 0 Å². The molecule has 8 rings (SSSR count). The lowest BCUT2D eigenvalue weighted by molar-refractivity contribution is -0.188. The van der Waals surface area contributed by atoms with Gasteiger partial charge in [0.15, 0.2) is 12.2 Å². The summed E-state index contributed by atoms with van der Waals surface area (Å²) >= 11 is 0. The fraction of sp³-hybridized carbons (Fsp3) is 0.367. The fourth-order valence-corrected chi connectivity index (χ4v) is 8.21. The Labute approximate surface area is 344 Å². The van der Waals surface area contributed by atoms with Crippen LogP contribution in [0, 0.1) is 5.92 Å². The standard InChI is InChI=1S/C49H52O10/c1-31(29-50)40-20-18-32-12-14-35(15-13-32)26-37(17-16-34-10-7-11-36(25-34)24-33-8-5-4-6-9-33)27-42(52)56-45-43-41(59-49(2,3)46(45)58-48(40)54)21-19-38-28-39(22-23-55-30-51)47(53)57-44(38)43/h4-15,19,21,25,28,37,45-46,50-51H,16-18,20,22-24,26-27,29-30H2,1-3H3/b40-31-/t37-,45+,46-/m0/s1. The molecule has 2 bridgehead atoms. The number of aliphatic hydroxyl groups is 2. The van der Waals surface area contributed by atoms with E-state index in [0.717, 1.165) is 30.4 Å². The molecule has 0 amide bonds. The molecule has 10 heteroatoms. The van der Waals surface area contributed by atoms with E-state index in [1.54, 1.807) is 39.0 Å². The molecule has 3 atom stereocenters. The van der Waals surface area contributed by atoms with Crippen LogP contribution in [0.25, 0.3) is 11.0 Å². The topological polar surface area (TPSA) is 142 Å². The van der Waals surface area contributed by atoms with E-state index in [1.165, 1.54) is 16.7 Å². The molecule has 1 aromatic heterocycles. The number of carbonyl (C=O) groups is 2. The van der Waals surface area contributed by atoms with E-state index < -0.39 is 42.2 Å². The van der Waals surface area contributed by atoms with Crippen LogP contribution < -0.4 is 10.4 Å². The highest BCUT2D eigenvalue weighted by atomic mass is 16.6. The van der Waals surface area contributed by atoms with E-state index in [0.29, 0.717) is 47.1 Å². The maximum atomic E-state index is 14.4. The summed E-state index contributed by atoms with van der Waals surface area (Å²) in [6, 6.07) is 32.4. The summed E-state index contributed by atoms with van der Waals surface area (Å²) in [5.74, 6) is -0.920. The zero-order valence-electron chi connectivity index (χ0n) is 33.9. The van der Waals surface area contributed by atoms with Crippen molar-refractivity contribution in [3.8, 4) is 5.75 Å². The van der Waals surface area contributed by atoms with Gasteiger partial charge in [-0.1, -0.05) is 78.9 Å². The summed E-state index contributed by atoms with van der Waals surface area (Å²) < 4.78 is 30.3. The Morgan fingerprint density at radius 2 is 1.54 bits per heavy atom. The van der Waals surface area contributed by atoms with Crippen molar-refractivity contribution in [2.75, 3.05) is 20.0 Å². The molecule has 0 spiro atoms. The number of hydrogen-bond acceptors (Lipinski definition) is 10. The molecule has 2 N–H and O–H groups in total. The Morgan fingerprint density at radius 3 is 2.31 bits per heavy atom. The summed E-state index contributed by atoms with van der Waals surface area (Å²) in [6.07, 6.45) is 1.71. The predicted molar refractivity (Wildman–Crippen MR) is 223 cm³/mol. The van der Waals surface area contributed by atoms with Gasteiger partial charge in [0.25, 0.3) is 0 Å². The number of rotatable bonds is 10. The Morgan fingerprint density at radius 1 is 0.797 bits per heavy atom. The summed E-state index contributed by atoms with van der Waals surface area (Å²) in [5, 5.41) is 19.8. The van der Waals surface area contributed by atoms with Crippen molar-refractivity contribution in [3.63, 3.8) is 0 Å². The molecule has 308 valence electrons. The first-order valence-corrected chi connectivity index (χ1v) is 20.4. The molecule has 0 radical (unpaired) electrons. The van der Waals surface area contributed by atoms with Gasteiger partial charge in [-0.2, -0.15) is 0 Å². The Kier molecular flexibility index (Phi) is 13.1. The van der Waals surface area contributed by atoms with Crippen molar-refractivity contribution in [1.82, 2.24) is 0 Å². The summed E-state index contributed by atoms with van der Waals surface area (Å²) in [4.78, 5) is 42.0. The molecule has 0 saturated heterocycles. The zero-order valence-corrected chi connectivity index (χ0v) is 33.9. The maximum Gasteiger partial charge on any atom is 0.339 e. The number of hydrogen-bond donors (Lipinski definition) is 2. The van der Waals surface area contributed by atoms with Gasteiger partial charge in [0.2, 0.25) is 0 Å². The van der Waals surface area contributed by atoms with Gasteiger partial charge in [-0.05, 0) is 117 Å². The average Bonchev–Trinajstić information content (AvgIpc) is 3.22. The van der Waals surface area contributed by atoms with Crippen LogP contribution >= 0.6 is 0 Å². The van der Waals surface area contributed by atoms with Crippen LogP contribution in [0.2, 0.25) is 0 Å². The Hall–Kier alpha value is -5.55. The SMILES string of the molecule is C/C(CO)=C1\CCc2ccc(cc2)C[C@H](CCc2cccc(Cc3ccccc3)c2)CC(=O)O[C@@H]2c3c(ccc4cc(CCOCO)c(=O)oc34)OC(C)(C)[C@H]2OC1=O. The van der Waals surface area contributed by atoms with Gasteiger partial charge in [-0.25, -0.2) is 9.59 Å². The second-order valence-corrected chi connectivity index (χ2v) is 16.2. The van der Waals surface area contributed by atoms with Crippen LogP contribution in [0.4, 0.5) is 0 Å². The van der Waals surface area contributed by atoms with E-state index in [4.69, 9.17) is 28.5 Å². The number of aliphatic hydroxyl groups excluding tert-OH is 2. The second-order valence-electron chi connectivity index (χ2n) is 16.2. The molecule has 3 aliphatic heterocycles. The van der Waals surface area contributed by atoms with E-state index in [-0.39, 0.29) is 43.1 Å². The Bertz CT molecular complexity index is 2360. The molecule has 5 aromatic rings. The highest BCUT2D eigenvalue weighted by Crippen LogP contribution is 2.47. The molecule has 0 aliphatic carbocycles. The molecule has 59 heavy (non-hydrogen) atoms. The van der Waals surface area contributed by atoms with Crippen LogP contribution in [0.3, 0.4) is 0 Å². The highest BCUT2D eigenvalue weighted by molar-refractivity contribution is 5.90. The molecular formula is C49H52O10. The van der Waals surface area contributed by atoms with Crippen LogP contribution in [-0.4, -0.2) is 53.9 Å².